The Bertz CT molecular complexity index is 105. The topological polar surface area (TPSA) is 29.5 Å². The Morgan fingerprint density at radius 3 is 1.90 bits per heavy atom. The highest BCUT2D eigenvalue weighted by Gasteiger charge is 2.48. The molecule has 0 radical (unpaired) electrons. The van der Waals surface area contributed by atoms with Crippen molar-refractivity contribution in [2.45, 2.75) is 18.6 Å². The molecule has 0 fully saturated rings. The molecule has 2 nitrogen and oxygen atoms in total. The van der Waals surface area contributed by atoms with Gasteiger partial charge >= 0.3 is 12.3 Å². The first kappa shape index (κ1) is 9.64. The maximum atomic E-state index is 11.8. The summed E-state index contributed by atoms with van der Waals surface area (Å²) in [6.07, 6.45) is -6.66. The van der Waals surface area contributed by atoms with Crippen LogP contribution in [0.15, 0.2) is 0 Å². The first-order chi connectivity index (χ1) is 4.42. The van der Waals surface area contributed by atoms with E-state index in [4.69, 9.17) is 5.11 Å². The van der Waals surface area contributed by atoms with Crippen molar-refractivity contribution in [2.75, 3.05) is 7.11 Å². The highest BCUT2D eigenvalue weighted by molar-refractivity contribution is 4.71. The molecule has 1 unspecified atom stereocenters. The van der Waals surface area contributed by atoms with Crippen molar-refractivity contribution in [1.82, 2.24) is 0 Å². The van der Waals surface area contributed by atoms with Crippen molar-refractivity contribution in [1.29, 1.82) is 0 Å². The number of halogens is 4. The molecule has 0 aromatic heterocycles. The highest BCUT2D eigenvalue weighted by atomic mass is 19.3. The molecule has 1 N–H and O–H groups in total. The summed E-state index contributed by atoms with van der Waals surface area (Å²) in [4.78, 5) is 0. The Hall–Kier alpha value is -0.360. The summed E-state index contributed by atoms with van der Waals surface area (Å²) in [5.41, 5.74) is 0. The summed E-state index contributed by atoms with van der Waals surface area (Å²) < 4.78 is 49.8. The van der Waals surface area contributed by atoms with E-state index in [1.807, 2.05) is 0 Å². The number of alkyl halides is 4. The summed E-state index contributed by atoms with van der Waals surface area (Å²) in [6.45, 7) is 0. The van der Waals surface area contributed by atoms with Gasteiger partial charge in [-0.1, -0.05) is 0 Å². The number of rotatable bonds is 3. The van der Waals surface area contributed by atoms with Crippen LogP contribution in [0.3, 0.4) is 0 Å². The molecule has 0 aromatic rings. The molecule has 10 heavy (non-hydrogen) atoms. The van der Waals surface area contributed by atoms with Crippen molar-refractivity contribution in [2.24, 2.45) is 0 Å². The first-order valence-corrected chi connectivity index (χ1v) is 2.29. The van der Waals surface area contributed by atoms with Crippen molar-refractivity contribution in [3.63, 3.8) is 0 Å². The zero-order valence-corrected chi connectivity index (χ0v) is 5.02. The maximum Gasteiger partial charge on any atom is 0.356 e. The van der Waals surface area contributed by atoms with Gasteiger partial charge in [-0.3, -0.25) is 0 Å². The molecule has 1 atom stereocenters. The number of hydrogen-bond acceptors (Lipinski definition) is 2. The van der Waals surface area contributed by atoms with E-state index < -0.39 is 18.6 Å². The molecule has 6 heteroatoms. The molecule has 0 spiro atoms. The second-order valence-corrected chi connectivity index (χ2v) is 1.56. The Kier molecular flexibility index (Phi) is 3.04. The number of aliphatic hydroxyl groups is 1. The largest absolute Gasteiger partial charge is 0.363 e. The third-order valence-corrected chi connectivity index (χ3v) is 0.843. The molecule has 0 aromatic carbocycles. The van der Waals surface area contributed by atoms with Gasteiger partial charge in [-0.15, -0.1) is 0 Å². The summed E-state index contributed by atoms with van der Waals surface area (Å²) in [5.74, 6) is -4.49. The Morgan fingerprint density at radius 1 is 1.40 bits per heavy atom. The SMILES string of the molecule is COC(O)C(F)(F)C(F)F. The molecule has 0 amide bonds. The zero-order chi connectivity index (χ0) is 8.36. The van der Waals surface area contributed by atoms with Gasteiger partial charge in [-0.25, -0.2) is 8.78 Å². The first-order valence-electron chi connectivity index (χ1n) is 2.29. The van der Waals surface area contributed by atoms with Gasteiger partial charge in [0.1, 0.15) is 0 Å². The van der Waals surface area contributed by atoms with Crippen LogP contribution in [0, 0.1) is 0 Å². The van der Waals surface area contributed by atoms with Gasteiger partial charge in [0.25, 0.3) is 0 Å². The number of ether oxygens (including phenoxy) is 1. The van der Waals surface area contributed by atoms with Crippen LogP contribution in [-0.4, -0.2) is 30.9 Å². The third kappa shape index (κ3) is 1.81. The van der Waals surface area contributed by atoms with Crippen molar-refractivity contribution >= 4 is 0 Å². The quantitative estimate of drug-likeness (QED) is 0.492. The molecule has 0 aliphatic heterocycles. The lowest BCUT2D eigenvalue weighted by atomic mass is 10.3. The minimum atomic E-state index is -4.49. The highest BCUT2D eigenvalue weighted by Crippen LogP contribution is 2.26. The third-order valence-electron chi connectivity index (χ3n) is 0.843. The van der Waals surface area contributed by atoms with Crippen LogP contribution in [0.25, 0.3) is 0 Å². The van der Waals surface area contributed by atoms with E-state index in [1.165, 1.54) is 0 Å². The van der Waals surface area contributed by atoms with E-state index >= 15 is 0 Å². The fraction of sp³-hybridized carbons (Fsp3) is 1.00. The average Bonchev–Trinajstić information content (AvgIpc) is 1.86. The smallest absolute Gasteiger partial charge is 0.356 e. The molecule has 0 saturated carbocycles. The predicted octanol–water partition coefficient (Wildman–Crippen LogP) is 0.852. The summed E-state index contributed by atoms with van der Waals surface area (Å²) >= 11 is 0. The zero-order valence-electron chi connectivity index (χ0n) is 5.02. The standard InChI is InChI=1S/C4H6F4O2/c1-10-3(9)4(7,8)2(5)6/h2-3,9H,1H3. The van der Waals surface area contributed by atoms with E-state index in [0.29, 0.717) is 7.11 Å². The summed E-state index contributed by atoms with van der Waals surface area (Å²) in [5, 5.41) is 8.10. The van der Waals surface area contributed by atoms with Gasteiger partial charge in [0.2, 0.25) is 6.29 Å². The second kappa shape index (κ2) is 3.16. The molecule has 0 aliphatic carbocycles. The summed E-state index contributed by atoms with van der Waals surface area (Å²) in [6, 6.07) is 0. The lowest BCUT2D eigenvalue weighted by molar-refractivity contribution is -0.268. The van der Waals surface area contributed by atoms with Crippen LogP contribution in [0.5, 0.6) is 0 Å². The van der Waals surface area contributed by atoms with Gasteiger partial charge in [0.15, 0.2) is 0 Å². The molecule has 62 valence electrons. The molecular weight excluding hydrogens is 156 g/mol. The van der Waals surface area contributed by atoms with Gasteiger partial charge in [-0.05, 0) is 0 Å². The van der Waals surface area contributed by atoms with Crippen LogP contribution in [-0.2, 0) is 4.74 Å². The molecule has 0 aliphatic rings. The molecule has 0 saturated heterocycles. The van der Waals surface area contributed by atoms with Crippen molar-refractivity contribution < 1.29 is 27.4 Å². The minimum absolute atomic E-state index is 0.709. The molecular formula is C4H6F4O2. The molecule has 0 rings (SSSR count). The molecule has 0 heterocycles. The minimum Gasteiger partial charge on any atom is -0.363 e. The van der Waals surface area contributed by atoms with Gasteiger partial charge in [0.05, 0.1) is 0 Å². The fourth-order valence-corrected chi connectivity index (χ4v) is 0.265. The van der Waals surface area contributed by atoms with E-state index in [1.54, 1.807) is 0 Å². The van der Waals surface area contributed by atoms with E-state index in [-0.39, 0.29) is 0 Å². The van der Waals surface area contributed by atoms with Crippen LogP contribution in [0.2, 0.25) is 0 Å². The maximum absolute atomic E-state index is 11.8. The Labute approximate surface area is 54.4 Å². The Morgan fingerprint density at radius 2 is 1.80 bits per heavy atom. The van der Waals surface area contributed by atoms with Gasteiger partial charge in [0, 0.05) is 7.11 Å². The second-order valence-electron chi connectivity index (χ2n) is 1.56. The number of methoxy groups -OCH3 is 1. The normalized spacial score (nSPS) is 15.9. The predicted molar refractivity (Wildman–Crippen MR) is 24.0 cm³/mol. The van der Waals surface area contributed by atoms with Gasteiger partial charge < -0.3 is 9.84 Å². The average molecular weight is 162 g/mol. The van der Waals surface area contributed by atoms with Gasteiger partial charge in [-0.2, -0.15) is 8.78 Å². The Balaban J connectivity index is 4.09. The van der Waals surface area contributed by atoms with Crippen molar-refractivity contribution in [3.05, 3.63) is 0 Å². The van der Waals surface area contributed by atoms with E-state index in [9.17, 15) is 17.6 Å². The lowest BCUT2D eigenvalue weighted by Crippen LogP contribution is -2.41. The van der Waals surface area contributed by atoms with Crippen LogP contribution in [0.1, 0.15) is 0 Å². The number of aliphatic hydroxyl groups excluding tert-OH is 1. The van der Waals surface area contributed by atoms with Crippen LogP contribution in [0.4, 0.5) is 17.6 Å². The fourth-order valence-electron chi connectivity index (χ4n) is 0.265. The number of hydrogen-bond donors (Lipinski definition) is 1. The molecule has 0 bridgehead atoms. The van der Waals surface area contributed by atoms with E-state index in [0.717, 1.165) is 0 Å². The van der Waals surface area contributed by atoms with Crippen molar-refractivity contribution in [3.8, 4) is 0 Å². The lowest BCUT2D eigenvalue weighted by Gasteiger charge is -2.19. The van der Waals surface area contributed by atoms with E-state index in [2.05, 4.69) is 4.74 Å². The summed E-state index contributed by atoms with van der Waals surface area (Å²) in [7, 11) is 0.709. The monoisotopic (exact) mass is 162 g/mol. The van der Waals surface area contributed by atoms with Crippen LogP contribution >= 0.6 is 0 Å². The van der Waals surface area contributed by atoms with Crippen LogP contribution < -0.4 is 0 Å².